The van der Waals surface area contributed by atoms with Crippen LogP contribution in [0.25, 0.3) is 0 Å². The maximum Gasteiger partial charge on any atom is 0.262 e. The van der Waals surface area contributed by atoms with Gasteiger partial charge in [-0.05, 0) is 30.2 Å². The van der Waals surface area contributed by atoms with Crippen LogP contribution in [0.2, 0.25) is 0 Å². The summed E-state index contributed by atoms with van der Waals surface area (Å²) in [6.45, 7) is 2.63. The number of nitrogens with one attached hydrogen (secondary N) is 3. The first-order valence-corrected chi connectivity index (χ1v) is 10.6. The van der Waals surface area contributed by atoms with Gasteiger partial charge >= 0.3 is 0 Å². The molecule has 3 aliphatic heterocycles. The zero-order valence-corrected chi connectivity index (χ0v) is 17.3. The van der Waals surface area contributed by atoms with E-state index in [1.807, 2.05) is 18.2 Å². The minimum Gasteiger partial charge on any atom is -0.492 e. The van der Waals surface area contributed by atoms with Gasteiger partial charge in [-0.15, -0.1) is 0 Å². The molecular weight excluding hydrogens is 412 g/mol. The summed E-state index contributed by atoms with van der Waals surface area (Å²) in [5, 5.41) is 8.82. The monoisotopic (exact) mass is 434 g/mol. The van der Waals surface area contributed by atoms with Gasteiger partial charge in [0.15, 0.2) is 0 Å². The quantitative estimate of drug-likeness (QED) is 0.619. The van der Waals surface area contributed by atoms with Crippen LogP contribution in [0.1, 0.15) is 44.7 Å². The summed E-state index contributed by atoms with van der Waals surface area (Å²) in [7, 11) is 0. The second-order valence-electron chi connectivity index (χ2n) is 8.03. The maximum atomic E-state index is 13.0. The van der Waals surface area contributed by atoms with Crippen LogP contribution in [-0.4, -0.2) is 47.7 Å². The maximum absolute atomic E-state index is 13.0. The average Bonchev–Trinajstić information content (AvgIpc) is 2.94. The molecule has 164 valence electrons. The number of hydrogen-bond acceptors (Lipinski definition) is 7. The van der Waals surface area contributed by atoms with Crippen LogP contribution >= 0.6 is 0 Å². The number of nitrogens with zero attached hydrogens (tertiary/aromatic N) is 1. The molecule has 32 heavy (non-hydrogen) atoms. The molecular formula is C23H22N4O5. The number of fused-ring (bicyclic) bond motifs is 2. The Balaban J connectivity index is 1.31. The Morgan fingerprint density at radius 2 is 1.88 bits per heavy atom. The van der Waals surface area contributed by atoms with Gasteiger partial charge in [-0.1, -0.05) is 12.1 Å². The average molecular weight is 434 g/mol. The molecule has 2 aromatic rings. The van der Waals surface area contributed by atoms with Gasteiger partial charge in [-0.2, -0.15) is 0 Å². The van der Waals surface area contributed by atoms with Gasteiger partial charge in [0.05, 0.1) is 11.1 Å². The van der Waals surface area contributed by atoms with E-state index in [4.69, 9.17) is 4.74 Å². The number of benzene rings is 2. The number of rotatable bonds is 4. The fourth-order valence-electron chi connectivity index (χ4n) is 4.23. The predicted octanol–water partition coefficient (Wildman–Crippen LogP) is 1.18. The van der Waals surface area contributed by atoms with E-state index in [1.165, 1.54) is 0 Å². The van der Waals surface area contributed by atoms with E-state index >= 15 is 0 Å². The number of anilines is 1. The SMILES string of the molecule is O=C1CCC(N2C(=O)c3ccc(CNc4ccc5c(c4)OCCNC5)cc3C2=O)C(=O)N1. The van der Waals surface area contributed by atoms with E-state index in [-0.39, 0.29) is 24.0 Å². The lowest BCUT2D eigenvalue weighted by Crippen LogP contribution is -2.54. The lowest BCUT2D eigenvalue weighted by molar-refractivity contribution is -0.136. The largest absolute Gasteiger partial charge is 0.492 e. The van der Waals surface area contributed by atoms with E-state index in [1.54, 1.807) is 18.2 Å². The first-order valence-electron chi connectivity index (χ1n) is 10.6. The summed E-state index contributed by atoms with van der Waals surface area (Å²) >= 11 is 0. The van der Waals surface area contributed by atoms with Crippen LogP contribution in [0.4, 0.5) is 5.69 Å². The minimum absolute atomic E-state index is 0.0968. The number of carbonyl (C=O) groups is 4. The molecule has 1 saturated heterocycles. The zero-order chi connectivity index (χ0) is 22.2. The Bertz CT molecular complexity index is 1150. The Kier molecular flexibility index (Phi) is 5.10. The highest BCUT2D eigenvalue weighted by atomic mass is 16.5. The number of imide groups is 2. The molecule has 3 aliphatic rings. The third-order valence-corrected chi connectivity index (χ3v) is 5.92. The number of hydrogen-bond donors (Lipinski definition) is 3. The normalized spacial score (nSPS) is 20.2. The van der Waals surface area contributed by atoms with Gasteiger partial charge < -0.3 is 15.4 Å². The molecule has 5 rings (SSSR count). The van der Waals surface area contributed by atoms with Gasteiger partial charge in [0.2, 0.25) is 11.8 Å². The Morgan fingerprint density at radius 3 is 2.72 bits per heavy atom. The lowest BCUT2D eigenvalue weighted by atomic mass is 10.0. The van der Waals surface area contributed by atoms with E-state index in [9.17, 15) is 19.2 Å². The molecule has 0 spiro atoms. The van der Waals surface area contributed by atoms with Crippen molar-refractivity contribution >= 4 is 29.3 Å². The smallest absolute Gasteiger partial charge is 0.262 e. The Hall–Kier alpha value is -3.72. The van der Waals surface area contributed by atoms with Crippen molar-refractivity contribution < 1.29 is 23.9 Å². The van der Waals surface area contributed by atoms with E-state index in [0.717, 1.165) is 40.6 Å². The first kappa shape index (κ1) is 20.2. The van der Waals surface area contributed by atoms with Gasteiger partial charge in [0.25, 0.3) is 11.8 Å². The molecule has 4 amide bonds. The molecule has 9 heteroatoms. The second kappa shape index (κ2) is 8.08. The molecule has 0 aromatic heterocycles. The molecule has 2 aromatic carbocycles. The number of carbonyl (C=O) groups excluding carboxylic acids is 4. The summed E-state index contributed by atoms with van der Waals surface area (Å²) in [6.07, 6.45) is 0.236. The number of piperidine rings is 1. The molecule has 3 heterocycles. The highest BCUT2D eigenvalue weighted by Crippen LogP contribution is 2.29. The summed E-state index contributed by atoms with van der Waals surface area (Å²) in [5.74, 6) is -1.17. The van der Waals surface area contributed by atoms with Crippen molar-refractivity contribution in [2.45, 2.75) is 32.0 Å². The third-order valence-electron chi connectivity index (χ3n) is 5.92. The van der Waals surface area contributed by atoms with Crippen LogP contribution in [-0.2, 0) is 22.7 Å². The summed E-state index contributed by atoms with van der Waals surface area (Å²) in [4.78, 5) is 50.3. The van der Waals surface area contributed by atoms with Crippen molar-refractivity contribution in [2.24, 2.45) is 0 Å². The molecule has 9 nitrogen and oxygen atoms in total. The third kappa shape index (κ3) is 3.60. The van der Waals surface area contributed by atoms with Crippen molar-refractivity contribution in [3.63, 3.8) is 0 Å². The van der Waals surface area contributed by atoms with Crippen LogP contribution in [0, 0.1) is 0 Å². The van der Waals surface area contributed by atoms with Gasteiger partial charge in [0.1, 0.15) is 18.4 Å². The fourth-order valence-corrected chi connectivity index (χ4v) is 4.23. The highest BCUT2D eigenvalue weighted by molar-refractivity contribution is 6.23. The number of amides is 4. The van der Waals surface area contributed by atoms with E-state index in [2.05, 4.69) is 16.0 Å². The van der Waals surface area contributed by atoms with Crippen LogP contribution in [0.15, 0.2) is 36.4 Å². The minimum atomic E-state index is -0.962. The topological polar surface area (TPSA) is 117 Å². The lowest BCUT2D eigenvalue weighted by Gasteiger charge is -2.27. The zero-order valence-electron chi connectivity index (χ0n) is 17.3. The van der Waals surface area contributed by atoms with Crippen molar-refractivity contribution in [2.75, 3.05) is 18.5 Å². The van der Waals surface area contributed by atoms with Gasteiger partial charge in [0, 0.05) is 43.4 Å². The van der Waals surface area contributed by atoms with Gasteiger partial charge in [-0.3, -0.25) is 29.4 Å². The van der Waals surface area contributed by atoms with Gasteiger partial charge in [-0.25, -0.2) is 0 Å². The van der Waals surface area contributed by atoms with Crippen molar-refractivity contribution in [3.05, 3.63) is 58.7 Å². The molecule has 0 radical (unpaired) electrons. The second-order valence-corrected chi connectivity index (χ2v) is 8.03. The van der Waals surface area contributed by atoms with E-state index in [0.29, 0.717) is 13.2 Å². The highest BCUT2D eigenvalue weighted by Gasteiger charge is 2.44. The fraction of sp³-hybridized carbons (Fsp3) is 0.304. The van der Waals surface area contributed by atoms with Crippen LogP contribution < -0.4 is 20.7 Å². The summed E-state index contributed by atoms with van der Waals surface area (Å²) in [6, 6.07) is 10.1. The molecule has 0 bridgehead atoms. The molecule has 1 fully saturated rings. The van der Waals surface area contributed by atoms with Crippen LogP contribution in [0.3, 0.4) is 0 Å². The summed E-state index contributed by atoms with van der Waals surface area (Å²) in [5.41, 5.74) is 3.36. The molecule has 0 saturated carbocycles. The number of ether oxygens (including phenoxy) is 1. The summed E-state index contributed by atoms with van der Waals surface area (Å²) < 4.78 is 5.77. The Morgan fingerprint density at radius 1 is 1.03 bits per heavy atom. The predicted molar refractivity (Wildman–Crippen MR) is 114 cm³/mol. The molecule has 3 N–H and O–H groups in total. The molecule has 1 unspecified atom stereocenters. The first-order chi connectivity index (χ1) is 15.5. The van der Waals surface area contributed by atoms with E-state index < -0.39 is 29.7 Å². The molecule has 1 atom stereocenters. The Labute approximate surface area is 184 Å². The van der Waals surface area contributed by atoms with Crippen molar-refractivity contribution in [1.82, 2.24) is 15.5 Å². The standard InChI is InChI=1S/C23H22N4O5/c28-20-6-5-18(21(29)26-20)27-22(30)16-4-1-13(9-17(16)23(27)31)11-25-15-3-2-14-12-24-7-8-32-19(14)10-15/h1-4,9-10,18,24-25H,5-8,11-12H2,(H,26,28,29). The van der Waals surface area contributed by atoms with Crippen molar-refractivity contribution in [3.8, 4) is 5.75 Å². The van der Waals surface area contributed by atoms with Crippen LogP contribution in [0.5, 0.6) is 5.75 Å². The molecule has 0 aliphatic carbocycles. The van der Waals surface area contributed by atoms with Crippen molar-refractivity contribution in [1.29, 1.82) is 0 Å².